The summed E-state index contributed by atoms with van der Waals surface area (Å²) in [5, 5.41) is 11.5. The summed E-state index contributed by atoms with van der Waals surface area (Å²) in [7, 11) is 0. The third kappa shape index (κ3) is 3.15. The van der Waals surface area contributed by atoms with Gasteiger partial charge >= 0.3 is 12.0 Å². The number of likely N-dealkylation sites (tertiary alicyclic amines) is 1. The predicted octanol–water partition coefficient (Wildman–Crippen LogP) is 3.32. The molecule has 0 saturated carbocycles. The molecule has 1 heterocycles. The summed E-state index contributed by atoms with van der Waals surface area (Å²) in [4.78, 5) is 25.2. The van der Waals surface area contributed by atoms with Crippen LogP contribution >= 0.6 is 0 Å². The molecule has 1 aliphatic heterocycles. The highest BCUT2D eigenvalue weighted by Crippen LogP contribution is 2.25. The van der Waals surface area contributed by atoms with Gasteiger partial charge in [0.2, 0.25) is 0 Å². The van der Waals surface area contributed by atoms with E-state index in [9.17, 15) is 14.0 Å². The number of carbonyl (C=O) groups is 2. The van der Waals surface area contributed by atoms with Gasteiger partial charge in [0.05, 0.1) is 11.3 Å². The van der Waals surface area contributed by atoms with Crippen LogP contribution in [-0.2, 0) is 0 Å². The number of benzene rings is 1. The molecule has 1 aromatic carbocycles. The van der Waals surface area contributed by atoms with Crippen LogP contribution in [0.2, 0.25) is 0 Å². The molecule has 2 amide bonds. The molecule has 0 radical (unpaired) electrons. The number of nitrogens with one attached hydrogen (secondary N) is 1. The molecule has 21 heavy (non-hydrogen) atoms. The van der Waals surface area contributed by atoms with Gasteiger partial charge in [-0.25, -0.2) is 14.0 Å². The van der Waals surface area contributed by atoms with Gasteiger partial charge in [-0.2, -0.15) is 0 Å². The van der Waals surface area contributed by atoms with Crippen LogP contribution in [0.3, 0.4) is 0 Å². The Hall–Kier alpha value is -2.11. The fourth-order valence-electron chi connectivity index (χ4n) is 2.82. The van der Waals surface area contributed by atoms with Gasteiger partial charge in [-0.15, -0.1) is 0 Å². The Morgan fingerprint density at radius 3 is 2.48 bits per heavy atom. The molecule has 6 heteroatoms. The number of halogens is 1. The lowest BCUT2D eigenvalue weighted by atomic mass is 9.98. The van der Waals surface area contributed by atoms with Crippen molar-refractivity contribution in [3.63, 3.8) is 0 Å². The third-order valence-corrected chi connectivity index (χ3v) is 3.90. The largest absolute Gasteiger partial charge is 0.478 e. The molecular formula is C15H19FN2O3. The van der Waals surface area contributed by atoms with E-state index < -0.39 is 17.8 Å². The number of urea groups is 1. The molecule has 2 rings (SSSR count). The number of hydrogen-bond donors (Lipinski definition) is 2. The van der Waals surface area contributed by atoms with Crippen molar-refractivity contribution in [3.05, 3.63) is 29.6 Å². The minimum absolute atomic E-state index is 0.0498. The highest BCUT2D eigenvalue weighted by molar-refractivity contribution is 6.00. The first-order valence-electron chi connectivity index (χ1n) is 7.03. The molecule has 0 spiro atoms. The second kappa shape index (κ2) is 6.11. The Kier molecular flexibility index (Phi) is 4.45. The van der Waals surface area contributed by atoms with E-state index in [1.54, 1.807) is 4.90 Å². The van der Waals surface area contributed by atoms with E-state index in [1.807, 2.05) is 13.8 Å². The SMILES string of the molecule is CC1CCCC(C)N1C(=O)Nc1c(F)cccc1C(=O)O. The van der Waals surface area contributed by atoms with Gasteiger partial charge in [-0.1, -0.05) is 6.07 Å². The first-order chi connectivity index (χ1) is 9.91. The first-order valence-corrected chi connectivity index (χ1v) is 7.03. The van der Waals surface area contributed by atoms with Crippen LogP contribution in [0.1, 0.15) is 43.5 Å². The zero-order valence-electron chi connectivity index (χ0n) is 12.1. The standard InChI is InChI=1S/C15H19FN2O3/c1-9-5-3-6-10(2)18(9)15(21)17-13-11(14(19)20)7-4-8-12(13)16/h4,7-10H,3,5-6H2,1-2H3,(H,17,21)(H,19,20). The van der Waals surface area contributed by atoms with Crippen molar-refractivity contribution < 1.29 is 19.1 Å². The predicted molar refractivity (Wildman–Crippen MR) is 77.0 cm³/mol. The maximum Gasteiger partial charge on any atom is 0.337 e. The summed E-state index contributed by atoms with van der Waals surface area (Å²) in [5.41, 5.74) is -0.527. The number of piperidine rings is 1. The normalized spacial score (nSPS) is 22.0. The summed E-state index contributed by atoms with van der Waals surface area (Å²) in [6.07, 6.45) is 2.83. The Morgan fingerprint density at radius 1 is 1.29 bits per heavy atom. The fraction of sp³-hybridized carbons (Fsp3) is 0.467. The molecular weight excluding hydrogens is 275 g/mol. The molecule has 1 aliphatic rings. The molecule has 5 nitrogen and oxygen atoms in total. The number of carboxylic acid groups (broad SMARTS) is 1. The Labute approximate surface area is 122 Å². The van der Waals surface area contributed by atoms with Crippen LogP contribution in [0.4, 0.5) is 14.9 Å². The molecule has 1 fully saturated rings. The Bertz CT molecular complexity index is 552. The van der Waals surface area contributed by atoms with Crippen molar-refractivity contribution in [1.82, 2.24) is 4.90 Å². The second-order valence-electron chi connectivity index (χ2n) is 5.43. The van der Waals surface area contributed by atoms with E-state index in [2.05, 4.69) is 5.32 Å². The van der Waals surface area contributed by atoms with Gasteiger partial charge in [0.1, 0.15) is 5.82 Å². The lowest BCUT2D eigenvalue weighted by molar-refractivity contribution is 0.0697. The molecule has 0 aliphatic carbocycles. The maximum absolute atomic E-state index is 13.8. The quantitative estimate of drug-likeness (QED) is 0.879. The van der Waals surface area contributed by atoms with Crippen molar-refractivity contribution in [3.8, 4) is 0 Å². The molecule has 2 unspecified atom stereocenters. The zero-order valence-corrected chi connectivity index (χ0v) is 12.1. The molecule has 1 saturated heterocycles. The lowest BCUT2D eigenvalue weighted by Crippen LogP contribution is -2.49. The fourth-order valence-corrected chi connectivity index (χ4v) is 2.82. The van der Waals surface area contributed by atoms with Crippen LogP contribution in [0.25, 0.3) is 0 Å². The second-order valence-corrected chi connectivity index (χ2v) is 5.43. The first kappa shape index (κ1) is 15.3. The number of rotatable bonds is 2. The molecule has 1 aromatic rings. The van der Waals surface area contributed by atoms with Crippen LogP contribution < -0.4 is 5.32 Å². The summed E-state index contributed by atoms with van der Waals surface area (Å²) in [6.45, 7) is 3.88. The van der Waals surface area contributed by atoms with Crippen LogP contribution in [0.5, 0.6) is 0 Å². The van der Waals surface area contributed by atoms with Gasteiger partial charge in [0.25, 0.3) is 0 Å². The smallest absolute Gasteiger partial charge is 0.337 e. The van der Waals surface area contributed by atoms with Crippen molar-refractivity contribution in [2.45, 2.75) is 45.2 Å². The summed E-state index contributed by atoms with van der Waals surface area (Å²) in [5.74, 6) is -2.02. The van der Waals surface area contributed by atoms with Gasteiger partial charge in [0.15, 0.2) is 0 Å². The molecule has 2 atom stereocenters. The monoisotopic (exact) mass is 294 g/mol. The Morgan fingerprint density at radius 2 is 1.90 bits per heavy atom. The number of nitrogens with zero attached hydrogens (tertiary/aromatic N) is 1. The van der Waals surface area contributed by atoms with E-state index in [0.29, 0.717) is 0 Å². The van der Waals surface area contributed by atoms with E-state index in [-0.39, 0.29) is 23.3 Å². The van der Waals surface area contributed by atoms with Crippen molar-refractivity contribution >= 4 is 17.7 Å². The summed E-state index contributed by atoms with van der Waals surface area (Å²) >= 11 is 0. The van der Waals surface area contributed by atoms with E-state index in [1.165, 1.54) is 12.1 Å². The molecule has 0 bridgehead atoms. The van der Waals surface area contributed by atoms with Gasteiger partial charge < -0.3 is 15.3 Å². The van der Waals surface area contributed by atoms with Crippen molar-refractivity contribution in [2.24, 2.45) is 0 Å². The lowest BCUT2D eigenvalue weighted by Gasteiger charge is -2.39. The highest BCUT2D eigenvalue weighted by atomic mass is 19.1. The van der Waals surface area contributed by atoms with E-state index in [0.717, 1.165) is 25.3 Å². The summed E-state index contributed by atoms with van der Waals surface area (Å²) < 4.78 is 13.8. The minimum Gasteiger partial charge on any atom is -0.478 e. The van der Waals surface area contributed by atoms with Gasteiger partial charge in [-0.05, 0) is 45.2 Å². The maximum atomic E-state index is 13.8. The topological polar surface area (TPSA) is 69.6 Å². The van der Waals surface area contributed by atoms with Gasteiger partial charge in [0, 0.05) is 12.1 Å². The van der Waals surface area contributed by atoms with Gasteiger partial charge in [-0.3, -0.25) is 0 Å². The molecule has 2 N–H and O–H groups in total. The average Bonchev–Trinajstić information content (AvgIpc) is 2.40. The van der Waals surface area contributed by atoms with Crippen molar-refractivity contribution in [1.29, 1.82) is 0 Å². The summed E-state index contributed by atoms with van der Waals surface area (Å²) in [6, 6.07) is 3.35. The van der Waals surface area contributed by atoms with E-state index in [4.69, 9.17) is 5.11 Å². The molecule has 0 aromatic heterocycles. The van der Waals surface area contributed by atoms with Crippen LogP contribution in [-0.4, -0.2) is 34.1 Å². The number of aromatic carboxylic acids is 1. The number of anilines is 1. The molecule has 114 valence electrons. The Balaban J connectivity index is 2.25. The number of hydrogen-bond acceptors (Lipinski definition) is 2. The van der Waals surface area contributed by atoms with Crippen LogP contribution in [0, 0.1) is 5.82 Å². The number of para-hydroxylation sites is 1. The minimum atomic E-state index is -1.27. The highest BCUT2D eigenvalue weighted by Gasteiger charge is 2.30. The number of carboxylic acids is 1. The van der Waals surface area contributed by atoms with Crippen molar-refractivity contribution in [2.75, 3.05) is 5.32 Å². The number of carbonyl (C=O) groups excluding carboxylic acids is 1. The van der Waals surface area contributed by atoms with Crippen LogP contribution in [0.15, 0.2) is 18.2 Å². The zero-order chi connectivity index (χ0) is 15.6. The van der Waals surface area contributed by atoms with E-state index >= 15 is 0 Å². The third-order valence-electron chi connectivity index (χ3n) is 3.90. The number of amides is 2. The average molecular weight is 294 g/mol.